The van der Waals surface area contributed by atoms with E-state index in [0.717, 1.165) is 24.3 Å². The molecule has 0 aliphatic carbocycles. The summed E-state index contributed by atoms with van der Waals surface area (Å²) in [7, 11) is 1.92. The highest BCUT2D eigenvalue weighted by Gasteiger charge is 2.07. The first-order valence-corrected chi connectivity index (χ1v) is 6.87. The number of rotatable bonds is 6. The van der Waals surface area contributed by atoms with Crippen LogP contribution in [0.25, 0.3) is 0 Å². The van der Waals surface area contributed by atoms with Crippen LogP contribution < -0.4 is 11.1 Å². The van der Waals surface area contributed by atoms with Crippen LogP contribution in [0.15, 0.2) is 48.7 Å². The molecule has 0 aliphatic rings. The van der Waals surface area contributed by atoms with Crippen LogP contribution in [0.1, 0.15) is 5.69 Å². The number of nitrogens with two attached hydrogens (primary N) is 1. The fraction of sp³-hybridized carbons (Fsp3) is 0.250. The van der Waals surface area contributed by atoms with Crippen LogP contribution in [-0.2, 0) is 11.2 Å². The van der Waals surface area contributed by atoms with Crippen molar-refractivity contribution >= 4 is 17.3 Å². The Hall–Kier alpha value is -2.40. The molecule has 0 atom stereocenters. The zero-order valence-electron chi connectivity index (χ0n) is 12.1. The Morgan fingerprint density at radius 3 is 2.67 bits per heavy atom. The highest BCUT2D eigenvalue weighted by molar-refractivity contribution is 5.92. The number of hydrogen-bond donors (Lipinski definition) is 2. The van der Waals surface area contributed by atoms with E-state index in [4.69, 9.17) is 5.73 Å². The first kappa shape index (κ1) is 15.0. The van der Waals surface area contributed by atoms with Gasteiger partial charge in [0.25, 0.3) is 0 Å². The molecular weight excluding hydrogens is 264 g/mol. The Morgan fingerprint density at radius 2 is 2.00 bits per heavy atom. The molecular formula is C16H20N4O. The number of carbonyl (C=O) groups excluding carboxylic acids is 1. The third-order valence-electron chi connectivity index (χ3n) is 3.08. The van der Waals surface area contributed by atoms with E-state index in [9.17, 15) is 4.79 Å². The highest BCUT2D eigenvalue weighted by atomic mass is 16.2. The van der Waals surface area contributed by atoms with Gasteiger partial charge in [0.1, 0.15) is 0 Å². The molecule has 1 heterocycles. The van der Waals surface area contributed by atoms with Gasteiger partial charge in [-0.15, -0.1) is 0 Å². The Kier molecular flexibility index (Phi) is 5.29. The van der Waals surface area contributed by atoms with Crippen molar-refractivity contribution in [3.63, 3.8) is 0 Å². The number of nitrogens with one attached hydrogen (secondary N) is 1. The van der Waals surface area contributed by atoms with Gasteiger partial charge in [-0.1, -0.05) is 6.07 Å². The number of likely N-dealkylation sites (N-methyl/N-ethyl adjacent to an activating group) is 1. The van der Waals surface area contributed by atoms with Crippen LogP contribution in [0, 0.1) is 0 Å². The molecule has 0 fully saturated rings. The van der Waals surface area contributed by atoms with Crippen molar-refractivity contribution in [3.8, 4) is 0 Å². The lowest BCUT2D eigenvalue weighted by Crippen LogP contribution is -2.31. The van der Waals surface area contributed by atoms with E-state index >= 15 is 0 Å². The summed E-state index contributed by atoms with van der Waals surface area (Å²) >= 11 is 0. The Labute approximate surface area is 124 Å². The van der Waals surface area contributed by atoms with Crippen molar-refractivity contribution in [2.75, 3.05) is 31.2 Å². The summed E-state index contributed by atoms with van der Waals surface area (Å²) in [6.45, 7) is 1.13. The Morgan fingerprint density at radius 1 is 1.24 bits per heavy atom. The zero-order valence-corrected chi connectivity index (χ0v) is 12.1. The van der Waals surface area contributed by atoms with Crippen molar-refractivity contribution in [2.24, 2.45) is 0 Å². The first-order valence-electron chi connectivity index (χ1n) is 6.87. The van der Waals surface area contributed by atoms with E-state index in [1.807, 2.05) is 30.1 Å². The number of anilines is 2. The average Bonchev–Trinajstić information content (AvgIpc) is 2.48. The summed E-state index contributed by atoms with van der Waals surface area (Å²) in [6.07, 6.45) is 2.61. The molecule has 0 bridgehead atoms. The van der Waals surface area contributed by atoms with Gasteiger partial charge in [-0.3, -0.25) is 14.7 Å². The lowest BCUT2D eigenvalue weighted by molar-refractivity contribution is -0.117. The number of amides is 1. The Balaban J connectivity index is 1.75. The van der Waals surface area contributed by atoms with E-state index in [1.165, 1.54) is 0 Å². The summed E-state index contributed by atoms with van der Waals surface area (Å²) in [5, 5.41) is 2.85. The van der Waals surface area contributed by atoms with Crippen molar-refractivity contribution in [3.05, 3.63) is 54.4 Å². The van der Waals surface area contributed by atoms with Crippen molar-refractivity contribution in [1.29, 1.82) is 0 Å². The predicted molar refractivity (Wildman–Crippen MR) is 84.9 cm³/mol. The molecule has 0 spiro atoms. The SMILES string of the molecule is CN(CCc1ccccn1)CC(=O)Nc1ccc(N)cc1. The van der Waals surface area contributed by atoms with E-state index < -0.39 is 0 Å². The molecule has 1 aromatic heterocycles. The molecule has 1 amide bonds. The monoisotopic (exact) mass is 284 g/mol. The molecule has 3 N–H and O–H groups in total. The molecule has 21 heavy (non-hydrogen) atoms. The fourth-order valence-corrected chi connectivity index (χ4v) is 1.94. The number of pyridine rings is 1. The fourth-order valence-electron chi connectivity index (χ4n) is 1.94. The lowest BCUT2D eigenvalue weighted by atomic mass is 10.2. The molecule has 110 valence electrons. The summed E-state index contributed by atoms with van der Waals surface area (Å²) in [5.41, 5.74) is 8.07. The molecule has 0 saturated carbocycles. The van der Waals surface area contributed by atoms with Gasteiger partial charge in [0.15, 0.2) is 0 Å². The molecule has 0 aliphatic heterocycles. The smallest absolute Gasteiger partial charge is 0.238 e. The maximum atomic E-state index is 11.9. The topological polar surface area (TPSA) is 71.2 Å². The highest BCUT2D eigenvalue weighted by Crippen LogP contribution is 2.10. The normalized spacial score (nSPS) is 10.6. The summed E-state index contributed by atoms with van der Waals surface area (Å²) < 4.78 is 0. The third-order valence-corrected chi connectivity index (χ3v) is 3.08. The van der Waals surface area contributed by atoms with Gasteiger partial charge in [0.05, 0.1) is 6.54 Å². The van der Waals surface area contributed by atoms with Crippen LogP contribution in [0.4, 0.5) is 11.4 Å². The van der Waals surface area contributed by atoms with E-state index in [1.54, 1.807) is 30.5 Å². The van der Waals surface area contributed by atoms with Crippen LogP contribution in [-0.4, -0.2) is 35.9 Å². The largest absolute Gasteiger partial charge is 0.399 e. The predicted octanol–water partition coefficient (Wildman–Crippen LogP) is 1.78. The first-order chi connectivity index (χ1) is 10.1. The van der Waals surface area contributed by atoms with Crippen molar-refractivity contribution < 1.29 is 4.79 Å². The summed E-state index contributed by atoms with van der Waals surface area (Å²) in [4.78, 5) is 18.2. The molecule has 1 aromatic carbocycles. The van der Waals surface area contributed by atoms with Crippen LogP contribution in [0.3, 0.4) is 0 Å². The van der Waals surface area contributed by atoms with E-state index in [0.29, 0.717) is 12.2 Å². The molecule has 5 nitrogen and oxygen atoms in total. The van der Waals surface area contributed by atoms with Crippen LogP contribution in [0.2, 0.25) is 0 Å². The minimum atomic E-state index is -0.0386. The number of hydrogen-bond acceptors (Lipinski definition) is 4. The summed E-state index contributed by atoms with van der Waals surface area (Å²) in [6, 6.07) is 13.0. The molecule has 2 aromatic rings. The standard InChI is InChI=1S/C16H20N4O/c1-20(11-9-14-4-2-3-10-18-14)12-16(21)19-15-7-5-13(17)6-8-15/h2-8,10H,9,11-12,17H2,1H3,(H,19,21). The number of aromatic nitrogens is 1. The van der Waals surface area contributed by atoms with Gasteiger partial charge in [0.2, 0.25) is 5.91 Å². The average molecular weight is 284 g/mol. The molecule has 5 heteroatoms. The van der Waals surface area contributed by atoms with E-state index in [-0.39, 0.29) is 5.91 Å². The van der Waals surface area contributed by atoms with Crippen molar-refractivity contribution in [2.45, 2.75) is 6.42 Å². The molecule has 0 unspecified atom stereocenters. The number of nitrogens with zero attached hydrogens (tertiary/aromatic N) is 2. The number of nitrogen functional groups attached to an aromatic ring is 1. The number of carbonyl (C=O) groups is 1. The maximum Gasteiger partial charge on any atom is 0.238 e. The summed E-state index contributed by atoms with van der Waals surface area (Å²) in [5.74, 6) is -0.0386. The lowest BCUT2D eigenvalue weighted by Gasteiger charge is -2.16. The second-order valence-electron chi connectivity index (χ2n) is 4.98. The zero-order chi connectivity index (χ0) is 15.1. The Bertz CT molecular complexity index is 569. The van der Waals surface area contributed by atoms with Crippen LogP contribution >= 0.6 is 0 Å². The van der Waals surface area contributed by atoms with Crippen molar-refractivity contribution in [1.82, 2.24) is 9.88 Å². The van der Waals surface area contributed by atoms with Gasteiger partial charge >= 0.3 is 0 Å². The van der Waals surface area contributed by atoms with Gasteiger partial charge < -0.3 is 11.1 Å². The minimum Gasteiger partial charge on any atom is -0.399 e. The van der Waals surface area contributed by atoms with Gasteiger partial charge in [-0.25, -0.2) is 0 Å². The van der Waals surface area contributed by atoms with E-state index in [2.05, 4.69) is 10.3 Å². The number of benzene rings is 1. The van der Waals surface area contributed by atoms with Gasteiger partial charge in [-0.05, 0) is 43.4 Å². The second kappa shape index (κ2) is 7.40. The van der Waals surface area contributed by atoms with Crippen LogP contribution in [0.5, 0.6) is 0 Å². The second-order valence-corrected chi connectivity index (χ2v) is 4.98. The molecule has 0 saturated heterocycles. The maximum absolute atomic E-state index is 11.9. The molecule has 0 radical (unpaired) electrons. The van der Waals surface area contributed by atoms with Gasteiger partial charge in [-0.2, -0.15) is 0 Å². The molecule has 2 rings (SSSR count). The quantitative estimate of drug-likeness (QED) is 0.793. The minimum absolute atomic E-state index is 0.0386. The third kappa shape index (κ3) is 5.24. The van der Waals surface area contributed by atoms with Gasteiger partial charge in [0, 0.05) is 36.2 Å².